The number of guanidine groups is 1. The van der Waals surface area contributed by atoms with Crippen molar-refractivity contribution < 1.29 is 9.18 Å². The number of anilines is 1. The van der Waals surface area contributed by atoms with Crippen LogP contribution in [0.2, 0.25) is 0 Å². The maximum atomic E-state index is 14.0. The topological polar surface area (TPSA) is 89.6 Å². The summed E-state index contributed by atoms with van der Waals surface area (Å²) in [5.74, 6) is 0.0852. The number of carbonyl (C=O) groups is 1. The Morgan fingerprint density at radius 1 is 1.43 bits per heavy atom. The number of carbonyl (C=O) groups excluding carboxylic acids is 1. The van der Waals surface area contributed by atoms with Crippen molar-refractivity contribution in [3.63, 3.8) is 0 Å². The van der Waals surface area contributed by atoms with Crippen LogP contribution in [-0.2, 0) is 18.4 Å². The Balaban J connectivity index is 1.73. The summed E-state index contributed by atoms with van der Waals surface area (Å²) in [6.07, 6.45) is 3.47. The molecule has 1 aliphatic heterocycles. The molecule has 1 fully saturated rings. The molecule has 146 valence electrons. The summed E-state index contributed by atoms with van der Waals surface area (Å²) >= 11 is 0. The highest BCUT2D eigenvalue weighted by Gasteiger charge is 2.27. The van der Waals surface area contributed by atoms with Gasteiger partial charge in [-0.05, 0) is 25.1 Å². The highest BCUT2D eigenvalue weighted by Crippen LogP contribution is 2.16. The van der Waals surface area contributed by atoms with Crippen LogP contribution >= 0.6 is 0 Å². The molecule has 0 unspecified atom stereocenters. The first-order chi connectivity index (χ1) is 13.5. The van der Waals surface area contributed by atoms with Gasteiger partial charge in [0, 0.05) is 38.4 Å². The molecule has 0 saturated carbocycles. The largest absolute Gasteiger partial charge is 0.356 e. The Morgan fingerprint density at radius 2 is 2.25 bits per heavy atom. The molecule has 2 aromatic rings. The summed E-state index contributed by atoms with van der Waals surface area (Å²) in [5, 5.41) is 16.3. The minimum atomic E-state index is -0.406. The molecule has 1 amide bonds. The lowest BCUT2D eigenvalue weighted by molar-refractivity contribution is -0.120. The lowest BCUT2D eigenvalue weighted by Crippen LogP contribution is -2.55. The molecule has 1 N–H and O–H groups in total. The minimum Gasteiger partial charge on any atom is -0.356 e. The number of piperazine rings is 1. The Labute approximate surface area is 162 Å². The first kappa shape index (κ1) is 19.4. The van der Waals surface area contributed by atoms with Gasteiger partial charge in [0.1, 0.15) is 12.4 Å². The fourth-order valence-electron chi connectivity index (χ4n) is 3.03. The maximum Gasteiger partial charge on any atom is 0.246 e. The second-order valence-electron chi connectivity index (χ2n) is 6.43. The number of nitrogens with one attached hydrogen (secondary N) is 1. The number of aryl methyl sites for hydroxylation is 1. The molecule has 28 heavy (non-hydrogen) atoms. The number of nitrogens with zero attached hydrogens (tertiary/aromatic N) is 6. The van der Waals surface area contributed by atoms with Gasteiger partial charge in [-0.15, -0.1) is 0 Å². The van der Waals surface area contributed by atoms with E-state index in [2.05, 4.69) is 15.4 Å². The molecule has 1 saturated heterocycles. The molecule has 1 aromatic heterocycles. The average Bonchev–Trinajstić information content (AvgIpc) is 3.12. The number of aliphatic imine (C=N–C) groups is 1. The van der Waals surface area contributed by atoms with Crippen LogP contribution in [0, 0.1) is 17.1 Å². The zero-order valence-corrected chi connectivity index (χ0v) is 15.9. The Bertz CT molecular complexity index is 931. The van der Waals surface area contributed by atoms with Crippen LogP contribution in [0.25, 0.3) is 0 Å². The number of rotatable bonds is 4. The van der Waals surface area contributed by atoms with Gasteiger partial charge in [-0.3, -0.25) is 9.48 Å². The fourth-order valence-corrected chi connectivity index (χ4v) is 3.03. The third kappa shape index (κ3) is 4.28. The zero-order valence-electron chi connectivity index (χ0n) is 15.9. The first-order valence-corrected chi connectivity index (χ1v) is 9.02. The number of nitriles is 1. The van der Waals surface area contributed by atoms with E-state index in [1.54, 1.807) is 29.0 Å². The molecule has 1 aromatic carbocycles. The van der Waals surface area contributed by atoms with Crippen LogP contribution in [0.5, 0.6) is 0 Å². The van der Waals surface area contributed by atoms with Gasteiger partial charge >= 0.3 is 0 Å². The van der Waals surface area contributed by atoms with Crippen LogP contribution in [0.15, 0.2) is 35.6 Å². The quantitative estimate of drug-likeness (QED) is 0.634. The Hall–Kier alpha value is -3.41. The van der Waals surface area contributed by atoms with Crippen LogP contribution in [-0.4, -0.2) is 52.7 Å². The molecule has 2 heterocycles. The normalized spacial score (nSPS) is 14.9. The van der Waals surface area contributed by atoms with E-state index in [1.165, 1.54) is 18.2 Å². The number of amides is 1. The molecule has 0 atom stereocenters. The lowest BCUT2D eigenvalue weighted by Gasteiger charge is -2.35. The second-order valence-corrected chi connectivity index (χ2v) is 6.43. The molecular weight excluding hydrogens is 361 g/mol. The van der Waals surface area contributed by atoms with Crippen molar-refractivity contribution >= 4 is 17.6 Å². The summed E-state index contributed by atoms with van der Waals surface area (Å²) in [6.45, 7) is 3.90. The van der Waals surface area contributed by atoms with Gasteiger partial charge in [0.15, 0.2) is 5.96 Å². The summed E-state index contributed by atoms with van der Waals surface area (Å²) in [4.78, 5) is 20.6. The van der Waals surface area contributed by atoms with Crippen molar-refractivity contribution in [3.05, 3.63) is 47.5 Å². The predicted octanol–water partition coefficient (Wildman–Crippen LogP) is 1.25. The minimum absolute atomic E-state index is 0.0532. The van der Waals surface area contributed by atoms with Gasteiger partial charge < -0.3 is 15.1 Å². The van der Waals surface area contributed by atoms with Crippen molar-refractivity contribution in [3.8, 4) is 6.07 Å². The van der Waals surface area contributed by atoms with Crippen molar-refractivity contribution in [2.75, 3.05) is 31.1 Å². The Morgan fingerprint density at radius 3 is 2.89 bits per heavy atom. The standard InChI is InChI=1S/C19H22FN7O/c1-3-22-19(23-10-15-8-14(9-21)4-5-17(15)20)26-6-7-27(18(28)13-26)16-11-24-25(2)12-16/h4-5,8,11-12H,3,6-7,10,13H2,1-2H3,(H,22,23). The Kier molecular flexibility index (Phi) is 5.89. The van der Waals surface area contributed by atoms with E-state index in [-0.39, 0.29) is 19.0 Å². The third-order valence-electron chi connectivity index (χ3n) is 4.43. The van der Waals surface area contributed by atoms with Crippen LogP contribution in [0.4, 0.5) is 10.1 Å². The highest BCUT2D eigenvalue weighted by atomic mass is 19.1. The fraction of sp³-hybridized carbons (Fsp3) is 0.368. The molecule has 9 heteroatoms. The van der Waals surface area contributed by atoms with E-state index in [9.17, 15) is 9.18 Å². The molecular formula is C19H22FN7O. The van der Waals surface area contributed by atoms with Crippen molar-refractivity contribution in [2.24, 2.45) is 12.0 Å². The lowest BCUT2D eigenvalue weighted by atomic mass is 10.1. The first-order valence-electron chi connectivity index (χ1n) is 9.02. The molecule has 3 rings (SSSR count). The summed E-state index contributed by atoms with van der Waals surface area (Å²) in [6, 6.07) is 6.20. The summed E-state index contributed by atoms with van der Waals surface area (Å²) in [5.41, 5.74) is 1.50. The van der Waals surface area contributed by atoms with Crippen molar-refractivity contribution in [2.45, 2.75) is 13.5 Å². The number of benzene rings is 1. The van der Waals surface area contributed by atoms with Gasteiger partial charge in [0.25, 0.3) is 0 Å². The van der Waals surface area contributed by atoms with Gasteiger partial charge in [-0.2, -0.15) is 10.4 Å². The number of hydrogen-bond acceptors (Lipinski definition) is 4. The SMILES string of the molecule is CCNC(=NCc1cc(C#N)ccc1F)N1CCN(c2cnn(C)c2)C(=O)C1. The van der Waals surface area contributed by atoms with Gasteiger partial charge in [0.05, 0.1) is 30.1 Å². The van der Waals surface area contributed by atoms with E-state index < -0.39 is 5.82 Å². The summed E-state index contributed by atoms with van der Waals surface area (Å²) in [7, 11) is 1.81. The van der Waals surface area contributed by atoms with Gasteiger partial charge in [0.2, 0.25) is 5.91 Å². The van der Waals surface area contributed by atoms with Crippen LogP contribution < -0.4 is 10.2 Å². The number of aromatic nitrogens is 2. The monoisotopic (exact) mass is 383 g/mol. The molecule has 1 aliphatic rings. The van der Waals surface area contributed by atoms with E-state index in [0.29, 0.717) is 36.7 Å². The molecule has 0 bridgehead atoms. The maximum absolute atomic E-state index is 14.0. The van der Waals surface area contributed by atoms with E-state index in [1.807, 2.05) is 17.9 Å². The molecule has 0 radical (unpaired) electrons. The van der Waals surface area contributed by atoms with E-state index >= 15 is 0 Å². The molecule has 0 spiro atoms. The van der Waals surface area contributed by atoms with Crippen molar-refractivity contribution in [1.29, 1.82) is 5.26 Å². The van der Waals surface area contributed by atoms with E-state index in [4.69, 9.17) is 5.26 Å². The third-order valence-corrected chi connectivity index (χ3v) is 4.43. The van der Waals surface area contributed by atoms with Crippen LogP contribution in [0.1, 0.15) is 18.1 Å². The molecule has 8 nitrogen and oxygen atoms in total. The highest BCUT2D eigenvalue weighted by molar-refractivity contribution is 5.98. The predicted molar refractivity (Wildman–Crippen MR) is 103 cm³/mol. The second kappa shape index (κ2) is 8.52. The van der Waals surface area contributed by atoms with E-state index in [0.717, 1.165) is 5.69 Å². The smallest absolute Gasteiger partial charge is 0.246 e. The zero-order chi connectivity index (χ0) is 20.1. The summed E-state index contributed by atoms with van der Waals surface area (Å²) < 4.78 is 15.7. The number of hydrogen-bond donors (Lipinski definition) is 1. The van der Waals surface area contributed by atoms with Crippen LogP contribution in [0.3, 0.4) is 0 Å². The van der Waals surface area contributed by atoms with Gasteiger partial charge in [-0.1, -0.05) is 0 Å². The van der Waals surface area contributed by atoms with Crippen molar-refractivity contribution in [1.82, 2.24) is 20.0 Å². The number of halogens is 1. The molecule has 0 aliphatic carbocycles. The average molecular weight is 383 g/mol. The van der Waals surface area contributed by atoms with Gasteiger partial charge in [-0.25, -0.2) is 9.38 Å².